The standard InChI is InChI=1S/C27H55N/c1-7-9-10-11-12-13-14-15-16-17-19-25(18-8-2)20-21-26(24(5)6)27(28)22-23(3)4/h19,23-24,26-27H,7-18,20-22,28H2,1-6H3/b25-19-. The molecule has 0 rings (SSSR count). The minimum absolute atomic E-state index is 0.361. The van der Waals surface area contributed by atoms with E-state index in [1.54, 1.807) is 5.57 Å². The van der Waals surface area contributed by atoms with Crippen molar-refractivity contribution in [3.8, 4) is 0 Å². The molecule has 0 saturated carbocycles. The maximum absolute atomic E-state index is 6.57. The van der Waals surface area contributed by atoms with Gasteiger partial charge in [-0.1, -0.05) is 111 Å². The number of allylic oxidation sites excluding steroid dienone is 2. The first-order valence-corrected chi connectivity index (χ1v) is 12.9. The summed E-state index contributed by atoms with van der Waals surface area (Å²) in [5.74, 6) is 2.05. The molecule has 1 nitrogen and oxygen atoms in total. The van der Waals surface area contributed by atoms with E-state index in [4.69, 9.17) is 5.73 Å². The number of unbranched alkanes of at least 4 members (excludes halogenated alkanes) is 9. The Balaban J connectivity index is 4.16. The molecule has 0 aromatic carbocycles. The first kappa shape index (κ1) is 27.7. The van der Waals surface area contributed by atoms with Gasteiger partial charge in [0.2, 0.25) is 0 Å². The molecule has 0 aromatic heterocycles. The van der Waals surface area contributed by atoms with Crippen LogP contribution in [0.15, 0.2) is 11.6 Å². The molecule has 0 aliphatic rings. The minimum Gasteiger partial charge on any atom is -0.327 e. The van der Waals surface area contributed by atoms with Crippen LogP contribution in [0.2, 0.25) is 0 Å². The van der Waals surface area contributed by atoms with Crippen LogP contribution in [0.1, 0.15) is 138 Å². The summed E-state index contributed by atoms with van der Waals surface area (Å²) >= 11 is 0. The molecular formula is C27H55N. The molecular weight excluding hydrogens is 338 g/mol. The van der Waals surface area contributed by atoms with Crippen LogP contribution in [0.3, 0.4) is 0 Å². The van der Waals surface area contributed by atoms with Gasteiger partial charge in [0.25, 0.3) is 0 Å². The maximum atomic E-state index is 6.57. The second kappa shape index (κ2) is 18.7. The van der Waals surface area contributed by atoms with E-state index in [1.807, 2.05) is 0 Å². The Morgan fingerprint density at radius 1 is 0.750 bits per heavy atom. The van der Waals surface area contributed by atoms with Crippen LogP contribution in [0.5, 0.6) is 0 Å². The number of hydrogen-bond acceptors (Lipinski definition) is 1. The van der Waals surface area contributed by atoms with Crippen molar-refractivity contribution in [3.63, 3.8) is 0 Å². The predicted octanol–water partition coefficient (Wildman–Crippen LogP) is 9.06. The fraction of sp³-hybridized carbons (Fsp3) is 0.926. The maximum Gasteiger partial charge on any atom is 0.00721 e. The zero-order chi connectivity index (χ0) is 21.2. The van der Waals surface area contributed by atoms with E-state index in [0.29, 0.717) is 23.8 Å². The molecule has 0 aromatic rings. The Bertz CT molecular complexity index is 355. The van der Waals surface area contributed by atoms with Gasteiger partial charge in [-0.25, -0.2) is 0 Å². The zero-order valence-electron chi connectivity index (χ0n) is 20.6. The third-order valence-electron chi connectivity index (χ3n) is 6.26. The lowest BCUT2D eigenvalue weighted by Gasteiger charge is -2.29. The molecule has 2 unspecified atom stereocenters. The predicted molar refractivity (Wildman–Crippen MR) is 130 cm³/mol. The number of rotatable bonds is 19. The van der Waals surface area contributed by atoms with Crippen molar-refractivity contribution in [2.45, 2.75) is 144 Å². The fourth-order valence-electron chi connectivity index (χ4n) is 4.52. The van der Waals surface area contributed by atoms with E-state index in [-0.39, 0.29) is 0 Å². The molecule has 0 spiro atoms. The van der Waals surface area contributed by atoms with E-state index in [2.05, 4.69) is 47.6 Å². The molecule has 0 aliphatic heterocycles. The SMILES string of the molecule is CCCCCCCCCCC/C=C(/CCC)CCC(C(C)C)C(N)CC(C)C. The summed E-state index contributed by atoms with van der Waals surface area (Å²) in [6.07, 6.45) is 22.9. The molecule has 0 amide bonds. The van der Waals surface area contributed by atoms with Gasteiger partial charge in [-0.2, -0.15) is 0 Å². The van der Waals surface area contributed by atoms with Crippen molar-refractivity contribution in [1.29, 1.82) is 0 Å². The second-order valence-corrected chi connectivity index (χ2v) is 9.97. The van der Waals surface area contributed by atoms with Gasteiger partial charge in [-0.15, -0.1) is 0 Å². The van der Waals surface area contributed by atoms with Crippen molar-refractivity contribution in [2.24, 2.45) is 23.5 Å². The lowest BCUT2D eigenvalue weighted by atomic mass is 9.80. The zero-order valence-corrected chi connectivity index (χ0v) is 20.6. The van der Waals surface area contributed by atoms with Gasteiger partial charge in [0.15, 0.2) is 0 Å². The quantitative estimate of drug-likeness (QED) is 0.172. The van der Waals surface area contributed by atoms with Crippen molar-refractivity contribution >= 4 is 0 Å². The molecule has 28 heavy (non-hydrogen) atoms. The third kappa shape index (κ3) is 15.6. The van der Waals surface area contributed by atoms with Crippen molar-refractivity contribution in [2.75, 3.05) is 0 Å². The highest BCUT2D eigenvalue weighted by Gasteiger charge is 2.22. The van der Waals surface area contributed by atoms with Gasteiger partial charge in [-0.05, 0) is 56.3 Å². The average Bonchev–Trinajstić information content (AvgIpc) is 2.62. The van der Waals surface area contributed by atoms with Crippen LogP contribution in [0, 0.1) is 17.8 Å². The molecule has 2 atom stereocenters. The second-order valence-electron chi connectivity index (χ2n) is 9.97. The van der Waals surface area contributed by atoms with Gasteiger partial charge < -0.3 is 5.73 Å². The number of hydrogen-bond donors (Lipinski definition) is 1. The molecule has 1 heteroatoms. The first-order valence-electron chi connectivity index (χ1n) is 12.9. The topological polar surface area (TPSA) is 26.0 Å². The Hall–Kier alpha value is -0.300. The van der Waals surface area contributed by atoms with Gasteiger partial charge in [0, 0.05) is 6.04 Å². The van der Waals surface area contributed by atoms with Crippen LogP contribution in [-0.2, 0) is 0 Å². The lowest BCUT2D eigenvalue weighted by molar-refractivity contribution is 0.269. The summed E-state index contributed by atoms with van der Waals surface area (Å²) in [4.78, 5) is 0. The largest absolute Gasteiger partial charge is 0.327 e. The molecule has 0 saturated heterocycles. The fourth-order valence-corrected chi connectivity index (χ4v) is 4.52. The summed E-state index contributed by atoms with van der Waals surface area (Å²) in [5.41, 5.74) is 8.27. The Kier molecular flexibility index (Phi) is 18.5. The average molecular weight is 394 g/mol. The smallest absolute Gasteiger partial charge is 0.00721 e. The van der Waals surface area contributed by atoms with Gasteiger partial charge >= 0.3 is 0 Å². The third-order valence-corrected chi connectivity index (χ3v) is 6.26. The Morgan fingerprint density at radius 2 is 1.32 bits per heavy atom. The van der Waals surface area contributed by atoms with E-state index < -0.39 is 0 Å². The van der Waals surface area contributed by atoms with Gasteiger partial charge in [0.05, 0.1) is 0 Å². The highest BCUT2D eigenvalue weighted by molar-refractivity contribution is 5.02. The van der Waals surface area contributed by atoms with Crippen molar-refractivity contribution in [1.82, 2.24) is 0 Å². The van der Waals surface area contributed by atoms with E-state index in [0.717, 1.165) is 6.42 Å². The molecule has 168 valence electrons. The molecule has 0 radical (unpaired) electrons. The summed E-state index contributed by atoms with van der Waals surface area (Å²) in [7, 11) is 0. The summed E-state index contributed by atoms with van der Waals surface area (Å²) in [6, 6.07) is 0.361. The number of nitrogens with two attached hydrogens (primary N) is 1. The normalized spacial score (nSPS) is 14.8. The lowest BCUT2D eigenvalue weighted by Crippen LogP contribution is -2.34. The van der Waals surface area contributed by atoms with Gasteiger partial charge in [0.1, 0.15) is 0 Å². The summed E-state index contributed by atoms with van der Waals surface area (Å²) < 4.78 is 0. The Morgan fingerprint density at radius 3 is 1.82 bits per heavy atom. The molecule has 0 fully saturated rings. The molecule has 2 N–H and O–H groups in total. The summed E-state index contributed by atoms with van der Waals surface area (Å²) in [6.45, 7) is 13.9. The first-order chi connectivity index (χ1) is 13.4. The van der Waals surface area contributed by atoms with Crippen LogP contribution in [-0.4, -0.2) is 6.04 Å². The molecule has 0 bridgehead atoms. The van der Waals surface area contributed by atoms with E-state index in [1.165, 1.54) is 89.9 Å². The summed E-state index contributed by atoms with van der Waals surface area (Å²) in [5, 5.41) is 0. The van der Waals surface area contributed by atoms with E-state index in [9.17, 15) is 0 Å². The molecule has 0 aliphatic carbocycles. The minimum atomic E-state index is 0.361. The molecule has 0 heterocycles. The van der Waals surface area contributed by atoms with Gasteiger partial charge in [-0.3, -0.25) is 0 Å². The van der Waals surface area contributed by atoms with Crippen molar-refractivity contribution < 1.29 is 0 Å². The van der Waals surface area contributed by atoms with Crippen LogP contribution >= 0.6 is 0 Å². The monoisotopic (exact) mass is 393 g/mol. The van der Waals surface area contributed by atoms with Crippen molar-refractivity contribution in [3.05, 3.63) is 11.6 Å². The van der Waals surface area contributed by atoms with Crippen LogP contribution in [0.4, 0.5) is 0 Å². The highest BCUT2D eigenvalue weighted by Crippen LogP contribution is 2.27. The Labute approximate surface area is 179 Å². The van der Waals surface area contributed by atoms with Crippen LogP contribution in [0.25, 0.3) is 0 Å². The highest BCUT2D eigenvalue weighted by atomic mass is 14.7. The van der Waals surface area contributed by atoms with Crippen LogP contribution < -0.4 is 5.73 Å². The van der Waals surface area contributed by atoms with E-state index >= 15 is 0 Å².